The van der Waals surface area contributed by atoms with Crippen LogP contribution in [-0.4, -0.2) is 31.7 Å². The van der Waals surface area contributed by atoms with E-state index < -0.39 is 5.54 Å². The SMILES string of the molecule is COC(=O)C1(NCCN=[N+]=[N-])CC(C)CCC1C(C)C. The van der Waals surface area contributed by atoms with Crippen LogP contribution in [0.15, 0.2) is 5.11 Å². The lowest BCUT2D eigenvalue weighted by atomic mass is 9.65. The van der Waals surface area contributed by atoms with Crippen LogP contribution in [-0.2, 0) is 9.53 Å². The number of azide groups is 1. The van der Waals surface area contributed by atoms with Gasteiger partial charge in [-0.15, -0.1) is 0 Å². The molecule has 20 heavy (non-hydrogen) atoms. The molecule has 1 aliphatic carbocycles. The molecule has 6 heteroatoms. The summed E-state index contributed by atoms with van der Waals surface area (Å²) >= 11 is 0. The minimum Gasteiger partial charge on any atom is -0.468 e. The van der Waals surface area contributed by atoms with Crippen LogP contribution in [0.1, 0.15) is 40.0 Å². The second kappa shape index (κ2) is 7.50. The molecule has 1 rings (SSSR count). The Hall–Kier alpha value is -1.26. The van der Waals surface area contributed by atoms with Crippen molar-refractivity contribution in [1.82, 2.24) is 5.32 Å². The summed E-state index contributed by atoms with van der Waals surface area (Å²) in [6.45, 7) is 7.30. The van der Waals surface area contributed by atoms with Crippen LogP contribution >= 0.6 is 0 Å². The molecule has 0 aromatic carbocycles. The first-order valence-corrected chi connectivity index (χ1v) is 7.32. The lowest BCUT2D eigenvalue weighted by Crippen LogP contribution is -2.62. The zero-order valence-corrected chi connectivity index (χ0v) is 12.9. The molecule has 114 valence electrons. The third kappa shape index (κ3) is 3.64. The van der Waals surface area contributed by atoms with Gasteiger partial charge in [0, 0.05) is 18.0 Å². The number of esters is 1. The van der Waals surface area contributed by atoms with Crippen LogP contribution in [0.4, 0.5) is 0 Å². The first-order chi connectivity index (χ1) is 9.47. The van der Waals surface area contributed by atoms with Gasteiger partial charge in [0.05, 0.1) is 7.11 Å². The normalized spacial score (nSPS) is 29.9. The van der Waals surface area contributed by atoms with Crippen LogP contribution in [0.2, 0.25) is 0 Å². The largest absolute Gasteiger partial charge is 0.468 e. The molecule has 1 aliphatic rings. The fourth-order valence-corrected chi connectivity index (χ4v) is 3.48. The van der Waals surface area contributed by atoms with E-state index in [-0.39, 0.29) is 11.9 Å². The fourth-order valence-electron chi connectivity index (χ4n) is 3.48. The van der Waals surface area contributed by atoms with E-state index in [9.17, 15) is 4.79 Å². The Labute approximate surface area is 120 Å². The second-order valence-electron chi connectivity index (χ2n) is 6.08. The molecular formula is C14H26N4O2. The van der Waals surface area contributed by atoms with Crippen molar-refractivity contribution in [2.45, 2.75) is 45.6 Å². The molecule has 0 bridgehead atoms. The van der Waals surface area contributed by atoms with E-state index in [1.807, 2.05) is 0 Å². The summed E-state index contributed by atoms with van der Waals surface area (Å²) in [4.78, 5) is 15.2. The Morgan fingerprint density at radius 2 is 2.25 bits per heavy atom. The summed E-state index contributed by atoms with van der Waals surface area (Å²) in [6.07, 6.45) is 2.93. The van der Waals surface area contributed by atoms with E-state index in [1.165, 1.54) is 7.11 Å². The molecule has 0 amide bonds. The molecule has 0 aliphatic heterocycles. The second-order valence-corrected chi connectivity index (χ2v) is 6.08. The number of carbonyl (C=O) groups is 1. The number of hydrogen-bond acceptors (Lipinski definition) is 4. The van der Waals surface area contributed by atoms with Crippen LogP contribution in [0, 0.1) is 17.8 Å². The van der Waals surface area contributed by atoms with Gasteiger partial charge in [-0.3, -0.25) is 4.79 Å². The van der Waals surface area contributed by atoms with Crippen molar-refractivity contribution in [1.29, 1.82) is 0 Å². The molecule has 0 saturated heterocycles. The summed E-state index contributed by atoms with van der Waals surface area (Å²) < 4.78 is 5.07. The molecular weight excluding hydrogens is 256 g/mol. The number of ether oxygens (including phenoxy) is 1. The molecule has 0 heterocycles. The van der Waals surface area contributed by atoms with Crippen molar-refractivity contribution in [2.75, 3.05) is 20.2 Å². The summed E-state index contributed by atoms with van der Waals surface area (Å²) in [5.41, 5.74) is 7.70. The summed E-state index contributed by atoms with van der Waals surface area (Å²) in [5.74, 6) is 0.936. The summed E-state index contributed by atoms with van der Waals surface area (Å²) in [7, 11) is 1.44. The fraction of sp³-hybridized carbons (Fsp3) is 0.929. The highest BCUT2D eigenvalue weighted by molar-refractivity contribution is 5.81. The van der Waals surface area contributed by atoms with Gasteiger partial charge in [0.2, 0.25) is 0 Å². The Bertz CT molecular complexity index is 379. The van der Waals surface area contributed by atoms with E-state index in [0.29, 0.717) is 24.9 Å². The number of rotatable bonds is 6. The van der Waals surface area contributed by atoms with Gasteiger partial charge in [-0.2, -0.15) is 0 Å². The lowest BCUT2D eigenvalue weighted by molar-refractivity contribution is -0.155. The van der Waals surface area contributed by atoms with Gasteiger partial charge < -0.3 is 10.1 Å². The van der Waals surface area contributed by atoms with E-state index in [0.717, 1.165) is 19.3 Å². The smallest absolute Gasteiger partial charge is 0.326 e. The van der Waals surface area contributed by atoms with Crippen molar-refractivity contribution >= 4 is 5.97 Å². The highest BCUT2D eigenvalue weighted by Crippen LogP contribution is 2.41. The Balaban J connectivity index is 2.97. The van der Waals surface area contributed by atoms with Gasteiger partial charge in [-0.25, -0.2) is 0 Å². The maximum atomic E-state index is 12.4. The van der Waals surface area contributed by atoms with E-state index in [2.05, 4.69) is 36.1 Å². The molecule has 1 N–H and O–H groups in total. The molecule has 0 spiro atoms. The third-order valence-electron chi connectivity index (χ3n) is 4.34. The van der Waals surface area contributed by atoms with Gasteiger partial charge in [0.1, 0.15) is 5.54 Å². The molecule has 0 radical (unpaired) electrons. The average molecular weight is 282 g/mol. The maximum Gasteiger partial charge on any atom is 0.326 e. The Kier molecular flexibility index (Phi) is 6.30. The van der Waals surface area contributed by atoms with Crippen molar-refractivity contribution in [2.24, 2.45) is 22.9 Å². The molecule has 0 aromatic heterocycles. The third-order valence-corrected chi connectivity index (χ3v) is 4.34. The van der Waals surface area contributed by atoms with Gasteiger partial charge in [0.15, 0.2) is 0 Å². The van der Waals surface area contributed by atoms with E-state index in [1.54, 1.807) is 0 Å². The average Bonchev–Trinajstić information content (AvgIpc) is 2.42. The van der Waals surface area contributed by atoms with Crippen LogP contribution in [0.5, 0.6) is 0 Å². The molecule has 1 saturated carbocycles. The van der Waals surface area contributed by atoms with E-state index >= 15 is 0 Å². The highest BCUT2D eigenvalue weighted by Gasteiger charge is 2.50. The quantitative estimate of drug-likeness (QED) is 0.267. The highest BCUT2D eigenvalue weighted by atomic mass is 16.5. The van der Waals surface area contributed by atoms with Crippen LogP contribution in [0.3, 0.4) is 0 Å². The Morgan fingerprint density at radius 3 is 2.80 bits per heavy atom. The number of carbonyl (C=O) groups excluding carboxylic acids is 1. The predicted molar refractivity (Wildman–Crippen MR) is 78.1 cm³/mol. The molecule has 6 nitrogen and oxygen atoms in total. The number of nitrogens with one attached hydrogen (secondary N) is 1. The minimum atomic E-state index is -0.647. The standard InChI is InChI=1S/C14H26N4O2/c1-10(2)12-6-5-11(3)9-14(12,13(19)20-4)16-7-8-17-18-15/h10-12,16H,5-9H2,1-4H3. The Morgan fingerprint density at radius 1 is 1.55 bits per heavy atom. The number of nitrogens with zero attached hydrogens (tertiary/aromatic N) is 3. The lowest BCUT2D eigenvalue weighted by Gasteiger charge is -2.46. The molecule has 3 atom stereocenters. The van der Waals surface area contributed by atoms with Crippen LogP contribution in [0.25, 0.3) is 10.4 Å². The van der Waals surface area contributed by atoms with Crippen molar-refractivity contribution in [3.05, 3.63) is 10.4 Å². The number of hydrogen-bond donors (Lipinski definition) is 1. The zero-order valence-electron chi connectivity index (χ0n) is 12.9. The van der Waals surface area contributed by atoms with Gasteiger partial charge in [-0.1, -0.05) is 32.3 Å². The van der Waals surface area contributed by atoms with Crippen molar-refractivity contribution < 1.29 is 9.53 Å². The minimum absolute atomic E-state index is 0.191. The van der Waals surface area contributed by atoms with Gasteiger partial charge in [-0.05, 0) is 36.1 Å². The number of methoxy groups -OCH3 is 1. The topological polar surface area (TPSA) is 87.1 Å². The van der Waals surface area contributed by atoms with Gasteiger partial charge in [0.25, 0.3) is 0 Å². The monoisotopic (exact) mass is 282 g/mol. The molecule has 3 unspecified atom stereocenters. The van der Waals surface area contributed by atoms with Crippen molar-refractivity contribution in [3.8, 4) is 0 Å². The summed E-state index contributed by atoms with van der Waals surface area (Å²) in [6, 6.07) is 0. The van der Waals surface area contributed by atoms with Crippen molar-refractivity contribution in [3.63, 3.8) is 0 Å². The van der Waals surface area contributed by atoms with E-state index in [4.69, 9.17) is 10.3 Å². The first-order valence-electron chi connectivity index (χ1n) is 7.32. The molecule has 0 aromatic rings. The predicted octanol–water partition coefficient (Wildman–Crippen LogP) is 2.89. The summed E-state index contributed by atoms with van der Waals surface area (Å²) in [5, 5.41) is 6.87. The first kappa shape index (κ1) is 16.8. The molecule has 1 fully saturated rings. The van der Waals surface area contributed by atoms with Gasteiger partial charge >= 0.3 is 5.97 Å². The maximum absolute atomic E-state index is 12.4. The zero-order chi connectivity index (χ0) is 15.2. The van der Waals surface area contributed by atoms with Crippen LogP contribution < -0.4 is 5.32 Å².